The molecule has 0 bridgehead atoms. The SMILES string of the molecule is CC1CCCCC(c2cn(C)c3ccccc23)C1=O. The van der Waals surface area contributed by atoms with Crippen molar-refractivity contribution in [2.45, 2.75) is 38.5 Å². The van der Waals surface area contributed by atoms with Gasteiger partial charge >= 0.3 is 0 Å². The van der Waals surface area contributed by atoms with Crippen LogP contribution in [-0.2, 0) is 11.8 Å². The molecule has 0 N–H and O–H groups in total. The molecule has 3 rings (SSSR count). The highest BCUT2D eigenvalue weighted by atomic mass is 16.1. The number of aromatic nitrogens is 1. The molecular weight excluding hydrogens is 234 g/mol. The van der Waals surface area contributed by atoms with E-state index in [-0.39, 0.29) is 11.8 Å². The Morgan fingerprint density at radius 2 is 1.89 bits per heavy atom. The Balaban J connectivity index is 2.10. The predicted octanol–water partition coefficient (Wildman–Crippen LogP) is 4.04. The van der Waals surface area contributed by atoms with E-state index in [4.69, 9.17) is 0 Å². The summed E-state index contributed by atoms with van der Waals surface area (Å²) in [5, 5.41) is 1.25. The van der Waals surface area contributed by atoms with E-state index in [1.54, 1.807) is 0 Å². The summed E-state index contributed by atoms with van der Waals surface area (Å²) in [5.41, 5.74) is 2.46. The Kier molecular flexibility index (Phi) is 3.17. The highest BCUT2D eigenvalue weighted by Crippen LogP contribution is 2.36. The lowest BCUT2D eigenvalue weighted by Gasteiger charge is -2.15. The molecule has 2 heteroatoms. The van der Waals surface area contributed by atoms with Gasteiger partial charge in [0.1, 0.15) is 5.78 Å². The lowest BCUT2D eigenvalue weighted by atomic mass is 9.87. The molecule has 2 atom stereocenters. The molecule has 1 saturated carbocycles. The molecule has 1 aromatic heterocycles. The molecule has 2 nitrogen and oxygen atoms in total. The number of benzene rings is 1. The van der Waals surface area contributed by atoms with Gasteiger partial charge in [-0.2, -0.15) is 0 Å². The number of rotatable bonds is 1. The van der Waals surface area contributed by atoms with Gasteiger partial charge in [0.25, 0.3) is 0 Å². The molecule has 100 valence electrons. The average molecular weight is 255 g/mol. The van der Waals surface area contributed by atoms with E-state index in [1.165, 1.54) is 29.3 Å². The molecule has 0 amide bonds. The van der Waals surface area contributed by atoms with Gasteiger partial charge in [-0.3, -0.25) is 4.79 Å². The van der Waals surface area contributed by atoms with Crippen molar-refractivity contribution in [3.63, 3.8) is 0 Å². The van der Waals surface area contributed by atoms with Crippen molar-refractivity contribution < 1.29 is 4.79 Å². The van der Waals surface area contributed by atoms with Crippen molar-refractivity contribution in [1.82, 2.24) is 4.57 Å². The lowest BCUT2D eigenvalue weighted by molar-refractivity contribution is -0.123. The second kappa shape index (κ2) is 4.84. The van der Waals surface area contributed by atoms with Gasteiger partial charge in [0.2, 0.25) is 0 Å². The first-order valence-electron chi connectivity index (χ1n) is 7.26. The zero-order valence-corrected chi connectivity index (χ0v) is 11.7. The average Bonchev–Trinajstić information content (AvgIpc) is 2.66. The molecule has 1 fully saturated rings. The van der Waals surface area contributed by atoms with Gasteiger partial charge in [0.15, 0.2) is 0 Å². The maximum atomic E-state index is 12.6. The first-order valence-corrected chi connectivity index (χ1v) is 7.26. The van der Waals surface area contributed by atoms with Crippen LogP contribution in [0.15, 0.2) is 30.5 Å². The Morgan fingerprint density at radius 3 is 2.74 bits per heavy atom. The maximum absolute atomic E-state index is 12.6. The van der Waals surface area contributed by atoms with Crippen LogP contribution in [0.5, 0.6) is 0 Å². The Labute approximate surface area is 114 Å². The maximum Gasteiger partial charge on any atom is 0.143 e. The van der Waals surface area contributed by atoms with Crippen LogP contribution in [0.25, 0.3) is 10.9 Å². The number of hydrogen-bond donors (Lipinski definition) is 0. The Bertz CT molecular complexity index is 611. The zero-order valence-electron chi connectivity index (χ0n) is 11.7. The Morgan fingerprint density at radius 1 is 1.16 bits per heavy atom. The van der Waals surface area contributed by atoms with Gasteiger partial charge in [-0.25, -0.2) is 0 Å². The van der Waals surface area contributed by atoms with E-state index in [0.717, 1.165) is 12.8 Å². The summed E-state index contributed by atoms with van der Waals surface area (Å²) >= 11 is 0. The van der Waals surface area contributed by atoms with Crippen LogP contribution in [0.3, 0.4) is 0 Å². The molecule has 0 saturated heterocycles. The number of ketones is 1. The van der Waals surface area contributed by atoms with E-state index in [2.05, 4.69) is 49.0 Å². The first-order chi connectivity index (χ1) is 9.18. The summed E-state index contributed by atoms with van der Waals surface area (Å²) in [6.45, 7) is 2.09. The molecule has 1 aliphatic carbocycles. The van der Waals surface area contributed by atoms with Crippen molar-refractivity contribution in [2.75, 3.05) is 0 Å². The minimum Gasteiger partial charge on any atom is -0.350 e. The number of hydrogen-bond acceptors (Lipinski definition) is 1. The summed E-state index contributed by atoms with van der Waals surface area (Å²) < 4.78 is 2.15. The quantitative estimate of drug-likeness (QED) is 0.705. The van der Waals surface area contributed by atoms with E-state index in [1.807, 2.05) is 0 Å². The number of nitrogens with zero attached hydrogens (tertiary/aromatic N) is 1. The zero-order chi connectivity index (χ0) is 13.4. The minimum absolute atomic E-state index is 0.101. The minimum atomic E-state index is 0.101. The van der Waals surface area contributed by atoms with Gasteiger partial charge in [-0.15, -0.1) is 0 Å². The number of Topliss-reactive ketones (excluding diaryl/α,β-unsaturated/α-hetero) is 1. The number of aryl methyl sites for hydroxylation is 1. The molecule has 0 aliphatic heterocycles. The van der Waals surface area contributed by atoms with Gasteiger partial charge in [-0.1, -0.05) is 38.0 Å². The molecular formula is C17H21NO. The van der Waals surface area contributed by atoms with Crippen LogP contribution in [0.1, 0.15) is 44.1 Å². The lowest BCUT2D eigenvalue weighted by Crippen LogP contribution is -2.17. The van der Waals surface area contributed by atoms with E-state index < -0.39 is 0 Å². The molecule has 1 aliphatic rings. The second-order valence-corrected chi connectivity index (χ2v) is 5.85. The normalized spacial score (nSPS) is 24.6. The molecule has 1 aromatic carbocycles. The molecule has 2 unspecified atom stereocenters. The van der Waals surface area contributed by atoms with Crippen LogP contribution in [0.2, 0.25) is 0 Å². The summed E-state index contributed by atoms with van der Waals surface area (Å²) in [7, 11) is 2.07. The van der Waals surface area contributed by atoms with Crippen LogP contribution in [-0.4, -0.2) is 10.4 Å². The monoisotopic (exact) mass is 255 g/mol. The topological polar surface area (TPSA) is 22.0 Å². The summed E-state index contributed by atoms with van der Waals surface area (Å²) in [5.74, 6) is 0.754. The summed E-state index contributed by atoms with van der Waals surface area (Å²) in [6.07, 6.45) is 6.58. The fourth-order valence-electron chi connectivity index (χ4n) is 3.39. The summed E-state index contributed by atoms with van der Waals surface area (Å²) in [4.78, 5) is 12.6. The fraction of sp³-hybridized carbons (Fsp3) is 0.471. The molecule has 1 heterocycles. The standard InChI is InChI=1S/C17H21NO/c1-12-7-3-4-9-14(17(12)19)15-11-18(2)16-10-6-5-8-13(15)16/h5-6,8,10-12,14H,3-4,7,9H2,1-2H3. The summed E-state index contributed by atoms with van der Waals surface area (Å²) in [6, 6.07) is 8.40. The molecule has 0 spiro atoms. The third-order valence-corrected chi connectivity index (χ3v) is 4.51. The first kappa shape index (κ1) is 12.5. The van der Waals surface area contributed by atoms with Gasteiger partial charge < -0.3 is 4.57 Å². The van der Waals surface area contributed by atoms with E-state index in [0.29, 0.717) is 5.78 Å². The fourth-order valence-corrected chi connectivity index (χ4v) is 3.39. The smallest absolute Gasteiger partial charge is 0.143 e. The van der Waals surface area contributed by atoms with Crippen molar-refractivity contribution in [3.05, 3.63) is 36.0 Å². The third-order valence-electron chi connectivity index (χ3n) is 4.51. The highest BCUT2D eigenvalue weighted by molar-refractivity contribution is 5.94. The van der Waals surface area contributed by atoms with Crippen LogP contribution in [0, 0.1) is 5.92 Å². The van der Waals surface area contributed by atoms with Crippen LogP contribution >= 0.6 is 0 Å². The van der Waals surface area contributed by atoms with Crippen molar-refractivity contribution in [3.8, 4) is 0 Å². The van der Waals surface area contributed by atoms with Gasteiger partial charge in [0, 0.05) is 36.0 Å². The molecule has 0 radical (unpaired) electrons. The van der Waals surface area contributed by atoms with Crippen LogP contribution < -0.4 is 0 Å². The number of carbonyl (C=O) groups is 1. The second-order valence-electron chi connectivity index (χ2n) is 5.85. The Hall–Kier alpha value is -1.57. The van der Waals surface area contributed by atoms with Crippen molar-refractivity contribution >= 4 is 16.7 Å². The molecule has 19 heavy (non-hydrogen) atoms. The van der Waals surface area contributed by atoms with Gasteiger partial charge in [0.05, 0.1) is 0 Å². The number of para-hydroxylation sites is 1. The number of carbonyl (C=O) groups excluding carboxylic acids is 1. The highest BCUT2D eigenvalue weighted by Gasteiger charge is 2.29. The third kappa shape index (κ3) is 2.09. The van der Waals surface area contributed by atoms with Crippen molar-refractivity contribution in [2.24, 2.45) is 13.0 Å². The van der Waals surface area contributed by atoms with E-state index >= 15 is 0 Å². The predicted molar refractivity (Wildman–Crippen MR) is 78.3 cm³/mol. The van der Waals surface area contributed by atoms with Gasteiger partial charge in [-0.05, 0) is 24.5 Å². The number of fused-ring (bicyclic) bond motifs is 1. The molecule has 2 aromatic rings. The van der Waals surface area contributed by atoms with Crippen LogP contribution in [0.4, 0.5) is 0 Å². The van der Waals surface area contributed by atoms with E-state index in [9.17, 15) is 4.79 Å². The van der Waals surface area contributed by atoms with Crippen molar-refractivity contribution in [1.29, 1.82) is 0 Å². The largest absolute Gasteiger partial charge is 0.350 e.